The van der Waals surface area contributed by atoms with E-state index in [1.54, 1.807) is 29.2 Å². The summed E-state index contributed by atoms with van der Waals surface area (Å²) in [4.78, 5) is 64.6. The van der Waals surface area contributed by atoms with Gasteiger partial charge in [-0.15, -0.1) is 0 Å². The Morgan fingerprint density at radius 1 is 1.09 bits per heavy atom. The molecule has 2 N–H and O–H groups in total. The number of hydrogen-bond acceptors (Lipinski definition) is 6. The molecule has 1 aliphatic carbocycles. The molecule has 0 aromatic heterocycles. The summed E-state index contributed by atoms with van der Waals surface area (Å²) in [7, 11) is 0. The van der Waals surface area contributed by atoms with Gasteiger partial charge in [0.15, 0.2) is 6.61 Å². The van der Waals surface area contributed by atoms with E-state index in [4.69, 9.17) is 4.74 Å². The minimum absolute atomic E-state index is 0.0949. The summed E-state index contributed by atoms with van der Waals surface area (Å²) in [6, 6.07) is 5.81. The Morgan fingerprint density at radius 3 is 2.29 bits per heavy atom. The molecule has 0 bridgehead atoms. The fourth-order valence-corrected chi connectivity index (χ4v) is 4.64. The van der Waals surface area contributed by atoms with Crippen molar-refractivity contribution >= 4 is 35.4 Å². The van der Waals surface area contributed by atoms with Gasteiger partial charge in [0.25, 0.3) is 17.7 Å². The van der Waals surface area contributed by atoms with E-state index in [1.807, 2.05) is 13.8 Å². The first kappa shape index (κ1) is 26.2. The van der Waals surface area contributed by atoms with Gasteiger partial charge in [0.2, 0.25) is 0 Å². The van der Waals surface area contributed by atoms with Crippen LogP contribution in [-0.4, -0.2) is 71.3 Å². The van der Waals surface area contributed by atoms with Crippen molar-refractivity contribution in [1.82, 2.24) is 15.1 Å². The van der Waals surface area contributed by atoms with Crippen molar-refractivity contribution in [3.8, 4) is 0 Å². The van der Waals surface area contributed by atoms with Crippen molar-refractivity contribution in [3.63, 3.8) is 0 Å². The maximum atomic E-state index is 12.9. The number of rotatable bonds is 9. The van der Waals surface area contributed by atoms with Gasteiger partial charge in [-0.2, -0.15) is 0 Å². The Bertz CT molecular complexity index is 965. The summed E-state index contributed by atoms with van der Waals surface area (Å²) in [5.74, 6) is -1.38. The molecule has 1 spiro atoms. The van der Waals surface area contributed by atoms with E-state index >= 15 is 0 Å². The van der Waals surface area contributed by atoms with Crippen LogP contribution in [0.1, 0.15) is 63.2 Å². The van der Waals surface area contributed by atoms with Crippen molar-refractivity contribution in [3.05, 3.63) is 29.8 Å². The maximum absolute atomic E-state index is 12.9. The van der Waals surface area contributed by atoms with Gasteiger partial charge in [0.1, 0.15) is 12.1 Å². The first-order valence-electron chi connectivity index (χ1n) is 12.2. The Balaban J connectivity index is 1.47. The highest BCUT2D eigenvalue weighted by molar-refractivity contribution is 6.08. The number of imide groups is 1. The van der Waals surface area contributed by atoms with Gasteiger partial charge in [-0.05, 0) is 69.7 Å². The van der Waals surface area contributed by atoms with Crippen LogP contribution in [0.2, 0.25) is 0 Å². The molecule has 1 aromatic carbocycles. The summed E-state index contributed by atoms with van der Waals surface area (Å²) in [5, 5.41) is 5.35. The standard InChI is InChI=1S/C25H34N4O6/c1-4-17-11-13-25(14-12-17)23(33)29(24(34)27-25)15-21(31)35-16-20(30)26-19-9-7-18(8-10-19)22(32)28(5-2)6-3/h7-10,17H,4-6,11-16H2,1-3H3,(H,26,30)(H,27,34). The van der Waals surface area contributed by atoms with E-state index in [-0.39, 0.29) is 5.91 Å². The second-order valence-corrected chi connectivity index (χ2v) is 9.02. The van der Waals surface area contributed by atoms with E-state index < -0.39 is 42.5 Å². The number of anilines is 1. The molecule has 1 aliphatic heterocycles. The molecular formula is C25H34N4O6. The lowest BCUT2D eigenvalue weighted by Gasteiger charge is -2.34. The van der Waals surface area contributed by atoms with Crippen molar-refractivity contribution in [2.24, 2.45) is 5.92 Å². The Kier molecular flexibility index (Phi) is 8.48. The molecule has 2 aliphatic rings. The van der Waals surface area contributed by atoms with Crippen LogP contribution in [0.3, 0.4) is 0 Å². The summed E-state index contributed by atoms with van der Waals surface area (Å²) in [5.41, 5.74) is 0.0210. The van der Waals surface area contributed by atoms with E-state index in [0.717, 1.165) is 24.2 Å². The van der Waals surface area contributed by atoms with Crippen LogP contribution in [0.25, 0.3) is 0 Å². The van der Waals surface area contributed by atoms with Crippen LogP contribution in [0, 0.1) is 5.92 Å². The highest BCUT2D eigenvalue weighted by atomic mass is 16.5. The fourth-order valence-electron chi connectivity index (χ4n) is 4.64. The molecule has 10 heteroatoms. The van der Waals surface area contributed by atoms with Crippen LogP contribution in [0.15, 0.2) is 24.3 Å². The van der Waals surface area contributed by atoms with Gasteiger partial charge in [-0.25, -0.2) is 4.79 Å². The van der Waals surface area contributed by atoms with E-state index in [2.05, 4.69) is 17.6 Å². The lowest BCUT2D eigenvalue weighted by molar-refractivity contribution is -0.150. The Labute approximate surface area is 205 Å². The number of urea groups is 1. The molecule has 35 heavy (non-hydrogen) atoms. The van der Waals surface area contributed by atoms with Crippen LogP contribution in [0.4, 0.5) is 10.5 Å². The number of carbonyl (C=O) groups is 5. The number of esters is 1. The SMILES string of the molecule is CCC1CCC2(CC1)NC(=O)N(CC(=O)OCC(=O)Nc1ccc(C(=O)N(CC)CC)cc1)C2=O. The zero-order valence-corrected chi connectivity index (χ0v) is 20.6. The van der Waals surface area contributed by atoms with Gasteiger partial charge in [0, 0.05) is 24.3 Å². The second-order valence-electron chi connectivity index (χ2n) is 9.02. The molecule has 1 aromatic rings. The maximum Gasteiger partial charge on any atom is 0.326 e. The third kappa shape index (κ3) is 5.98. The number of nitrogens with zero attached hydrogens (tertiary/aromatic N) is 2. The minimum Gasteiger partial charge on any atom is -0.454 e. The second kappa shape index (κ2) is 11.3. The Morgan fingerprint density at radius 2 is 1.71 bits per heavy atom. The third-order valence-electron chi connectivity index (χ3n) is 6.90. The average Bonchev–Trinajstić information content (AvgIpc) is 3.08. The van der Waals surface area contributed by atoms with Gasteiger partial charge in [-0.1, -0.05) is 13.3 Å². The van der Waals surface area contributed by atoms with Crippen molar-refractivity contribution in [1.29, 1.82) is 0 Å². The van der Waals surface area contributed by atoms with Gasteiger partial charge < -0.3 is 20.3 Å². The number of amides is 5. The average molecular weight is 487 g/mol. The Hall–Kier alpha value is -3.43. The van der Waals surface area contributed by atoms with E-state index in [1.165, 1.54) is 0 Å². The lowest BCUT2D eigenvalue weighted by Crippen LogP contribution is -2.49. The van der Waals surface area contributed by atoms with E-state index in [0.29, 0.717) is 43.1 Å². The van der Waals surface area contributed by atoms with Crippen molar-refractivity contribution in [2.45, 2.75) is 58.4 Å². The zero-order chi connectivity index (χ0) is 25.6. The first-order chi connectivity index (χ1) is 16.7. The van der Waals surface area contributed by atoms with Crippen LogP contribution >= 0.6 is 0 Å². The topological polar surface area (TPSA) is 125 Å². The molecular weight excluding hydrogens is 452 g/mol. The molecule has 1 saturated carbocycles. The van der Waals surface area contributed by atoms with E-state index in [9.17, 15) is 24.0 Å². The first-order valence-corrected chi connectivity index (χ1v) is 12.2. The summed E-state index contributed by atoms with van der Waals surface area (Å²) in [6.45, 7) is 6.01. The number of hydrogen-bond donors (Lipinski definition) is 2. The number of carbonyl (C=O) groups excluding carboxylic acids is 5. The zero-order valence-electron chi connectivity index (χ0n) is 20.6. The van der Waals surface area contributed by atoms with Gasteiger partial charge in [-0.3, -0.25) is 24.1 Å². The van der Waals surface area contributed by atoms with Gasteiger partial charge >= 0.3 is 12.0 Å². The molecule has 0 atom stereocenters. The molecule has 190 valence electrons. The predicted molar refractivity (Wildman–Crippen MR) is 129 cm³/mol. The number of benzene rings is 1. The highest BCUT2D eigenvalue weighted by Gasteiger charge is 2.52. The molecule has 5 amide bonds. The quantitative estimate of drug-likeness (QED) is 0.408. The van der Waals surface area contributed by atoms with Crippen LogP contribution in [0.5, 0.6) is 0 Å². The smallest absolute Gasteiger partial charge is 0.326 e. The largest absolute Gasteiger partial charge is 0.454 e. The fraction of sp³-hybridized carbons (Fsp3) is 0.560. The normalized spacial score (nSPS) is 21.6. The van der Waals surface area contributed by atoms with Crippen molar-refractivity contribution < 1.29 is 28.7 Å². The summed E-state index contributed by atoms with van der Waals surface area (Å²) >= 11 is 0. The molecule has 3 rings (SSSR count). The number of ether oxygens (including phenoxy) is 1. The molecule has 0 unspecified atom stereocenters. The molecule has 2 fully saturated rings. The highest BCUT2D eigenvalue weighted by Crippen LogP contribution is 2.37. The molecule has 1 saturated heterocycles. The van der Waals surface area contributed by atoms with Crippen LogP contribution < -0.4 is 10.6 Å². The lowest BCUT2D eigenvalue weighted by atomic mass is 9.75. The van der Waals surface area contributed by atoms with Crippen molar-refractivity contribution in [2.75, 3.05) is 31.6 Å². The summed E-state index contributed by atoms with van der Waals surface area (Å²) < 4.78 is 4.98. The van der Waals surface area contributed by atoms with Crippen LogP contribution in [-0.2, 0) is 19.1 Å². The summed E-state index contributed by atoms with van der Waals surface area (Å²) in [6.07, 6.45) is 3.86. The predicted octanol–water partition coefficient (Wildman–Crippen LogP) is 2.54. The third-order valence-corrected chi connectivity index (χ3v) is 6.90. The molecule has 10 nitrogen and oxygen atoms in total. The molecule has 0 radical (unpaired) electrons. The number of nitrogens with one attached hydrogen (secondary N) is 2. The monoisotopic (exact) mass is 486 g/mol. The molecule has 1 heterocycles. The minimum atomic E-state index is -0.931. The van der Waals surface area contributed by atoms with Gasteiger partial charge in [0.05, 0.1) is 0 Å².